The van der Waals surface area contributed by atoms with Crippen molar-refractivity contribution in [3.63, 3.8) is 0 Å². The van der Waals surface area contributed by atoms with E-state index < -0.39 is 0 Å². The normalized spacial score (nSPS) is 13.6. The molecule has 1 amide bonds. The van der Waals surface area contributed by atoms with E-state index in [9.17, 15) is 4.79 Å². The molecule has 188 valence electrons. The van der Waals surface area contributed by atoms with E-state index in [2.05, 4.69) is 10.5 Å². The molecule has 3 aromatic carbocycles. The van der Waals surface area contributed by atoms with Crippen molar-refractivity contribution < 1.29 is 19.0 Å². The first-order chi connectivity index (χ1) is 17.5. The molecule has 36 heavy (non-hydrogen) atoms. The molecule has 3 aromatic rings. The maximum Gasteiger partial charge on any atom is 0.277 e. The van der Waals surface area contributed by atoms with Crippen molar-refractivity contribution >= 4 is 58.8 Å². The number of rotatable bonds is 10. The van der Waals surface area contributed by atoms with Crippen LogP contribution in [0.1, 0.15) is 21.3 Å². The molecule has 4 rings (SSSR count). The SMILES string of the molecule is COc1cc(/C=N\NC(=O)COc2ccc(C3SCCS3)cc2)ccc1OCc1ccc(Cl)cc1Cl. The van der Waals surface area contributed by atoms with Gasteiger partial charge in [0, 0.05) is 27.1 Å². The van der Waals surface area contributed by atoms with Crippen LogP contribution >= 0.6 is 46.7 Å². The van der Waals surface area contributed by atoms with E-state index in [1.54, 1.807) is 37.4 Å². The smallest absolute Gasteiger partial charge is 0.277 e. The number of methoxy groups -OCH3 is 1. The molecule has 1 aliphatic heterocycles. The predicted molar refractivity (Wildman–Crippen MR) is 149 cm³/mol. The molecule has 1 saturated heterocycles. The number of benzene rings is 3. The molecule has 0 aromatic heterocycles. The van der Waals surface area contributed by atoms with Gasteiger partial charge in [0.25, 0.3) is 5.91 Å². The Morgan fingerprint density at radius 2 is 1.81 bits per heavy atom. The number of carbonyl (C=O) groups is 1. The van der Waals surface area contributed by atoms with Crippen molar-refractivity contribution in [2.45, 2.75) is 11.2 Å². The fraction of sp³-hybridized carbons (Fsp3) is 0.231. The van der Waals surface area contributed by atoms with Crippen LogP contribution in [0.3, 0.4) is 0 Å². The van der Waals surface area contributed by atoms with Crippen LogP contribution in [0.5, 0.6) is 17.2 Å². The lowest BCUT2D eigenvalue weighted by atomic mass is 10.2. The number of hydrazone groups is 1. The topological polar surface area (TPSA) is 69.2 Å². The zero-order valence-corrected chi connectivity index (χ0v) is 22.6. The van der Waals surface area contributed by atoms with Gasteiger partial charge in [-0.1, -0.05) is 41.4 Å². The molecule has 0 spiro atoms. The van der Waals surface area contributed by atoms with E-state index in [0.717, 1.165) is 11.1 Å². The molecule has 0 radical (unpaired) electrons. The Labute approximate surface area is 228 Å². The van der Waals surface area contributed by atoms with Gasteiger partial charge in [-0.2, -0.15) is 5.10 Å². The van der Waals surface area contributed by atoms with Gasteiger partial charge in [-0.3, -0.25) is 4.79 Å². The molecule has 0 atom stereocenters. The molecule has 0 unspecified atom stereocenters. The maximum atomic E-state index is 12.1. The molecular formula is C26H24Cl2N2O4S2. The highest BCUT2D eigenvalue weighted by atomic mass is 35.5. The van der Waals surface area contributed by atoms with Gasteiger partial charge in [0.1, 0.15) is 12.4 Å². The van der Waals surface area contributed by atoms with Gasteiger partial charge in [0.05, 0.1) is 17.9 Å². The third-order valence-electron chi connectivity index (χ3n) is 5.13. The lowest BCUT2D eigenvalue weighted by molar-refractivity contribution is -0.123. The highest BCUT2D eigenvalue weighted by molar-refractivity contribution is 8.19. The van der Waals surface area contributed by atoms with Crippen molar-refractivity contribution in [1.82, 2.24) is 5.43 Å². The van der Waals surface area contributed by atoms with Crippen LogP contribution in [0, 0.1) is 0 Å². The summed E-state index contributed by atoms with van der Waals surface area (Å²) in [5, 5.41) is 5.10. The van der Waals surface area contributed by atoms with Gasteiger partial charge < -0.3 is 14.2 Å². The molecule has 1 N–H and O–H groups in total. The lowest BCUT2D eigenvalue weighted by Gasteiger charge is -2.12. The summed E-state index contributed by atoms with van der Waals surface area (Å²) >= 11 is 16.0. The zero-order valence-electron chi connectivity index (χ0n) is 19.4. The van der Waals surface area contributed by atoms with E-state index in [-0.39, 0.29) is 19.1 Å². The maximum absolute atomic E-state index is 12.1. The first-order valence-corrected chi connectivity index (χ1v) is 13.9. The van der Waals surface area contributed by atoms with E-state index in [1.807, 2.05) is 53.9 Å². The molecule has 1 fully saturated rings. The minimum absolute atomic E-state index is 0.132. The van der Waals surface area contributed by atoms with E-state index >= 15 is 0 Å². The highest BCUT2D eigenvalue weighted by Gasteiger charge is 2.18. The Bertz CT molecular complexity index is 1220. The number of hydrogen-bond donors (Lipinski definition) is 1. The zero-order chi connectivity index (χ0) is 25.3. The summed E-state index contributed by atoms with van der Waals surface area (Å²) in [4.78, 5) is 12.1. The third-order valence-corrected chi connectivity index (χ3v) is 8.82. The molecule has 10 heteroatoms. The van der Waals surface area contributed by atoms with Crippen molar-refractivity contribution in [1.29, 1.82) is 0 Å². The van der Waals surface area contributed by atoms with Crippen LogP contribution in [0.4, 0.5) is 0 Å². The summed E-state index contributed by atoms with van der Waals surface area (Å²) in [6.07, 6.45) is 1.52. The monoisotopic (exact) mass is 562 g/mol. The summed E-state index contributed by atoms with van der Waals surface area (Å²) in [5.74, 6) is 3.72. The van der Waals surface area contributed by atoms with E-state index in [0.29, 0.717) is 31.9 Å². The second kappa shape index (κ2) is 13.1. The Hall–Kier alpha value is -2.52. The fourth-order valence-electron chi connectivity index (χ4n) is 3.31. The Balaban J connectivity index is 1.25. The largest absolute Gasteiger partial charge is 0.493 e. The second-order valence-electron chi connectivity index (χ2n) is 7.66. The number of thioether (sulfide) groups is 2. The third kappa shape index (κ3) is 7.49. The van der Waals surface area contributed by atoms with Gasteiger partial charge in [-0.25, -0.2) is 5.43 Å². The minimum Gasteiger partial charge on any atom is -0.493 e. The standard InChI is InChI=1S/C26H24Cl2N2O4S2/c1-32-24-12-17(2-9-23(24)34-15-19-3-6-20(27)13-22(19)28)14-29-30-25(31)16-33-21-7-4-18(5-8-21)26-35-10-11-36-26/h2-9,12-14,26H,10-11,15-16H2,1H3,(H,30,31)/b29-14-. The van der Waals surface area contributed by atoms with Crippen molar-refractivity contribution in [2.24, 2.45) is 5.10 Å². The molecular weight excluding hydrogens is 539 g/mol. The van der Waals surface area contributed by atoms with Crippen molar-refractivity contribution in [3.05, 3.63) is 87.4 Å². The number of ether oxygens (including phenoxy) is 3. The van der Waals surface area contributed by atoms with Gasteiger partial charge in [0.2, 0.25) is 0 Å². The number of hydrogen-bond acceptors (Lipinski definition) is 7. The van der Waals surface area contributed by atoms with Gasteiger partial charge >= 0.3 is 0 Å². The average Bonchev–Trinajstić information content (AvgIpc) is 3.43. The number of carbonyl (C=O) groups excluding carboxylic acids is 1. The van der Waals surface area contributed by atoms with Crippen LogP contribution in [0.15, 0.2) is 65.8 Å². The Morgan fingerprint density at radius 3 is 2.53 bits per heavy atom. The van der Waals surface area contributed by atoms with Gasteiger partial charge in [-0.05, 0) is 53.6 Å². The molecule has 0 bridgehead atoms. The number of amides is 1. The van der Waals surface area contributed by atoms with Crippen molar-refractivity contribution in [2.75, 3.05) is 25.2 Å². The van der Waals surface area contributed by atoms with Crippen LogP contribution in [0.2, 0.25) is 10.0 Å². The first-order valence-electron chi connectivity index (χ1n) is 11.0. The minimum atomic E-state index is -0.357. The van der Waals surface area contributed by atoms with Gasteiger partial charge in [0.15, 0.2) is 18.1 Å². The number of nitrogens with one attached hydrogen (secondary N) is 1. The molecule has 6 nitrogen and oxygen atoms in total. The fourth-order valence-corrected chi connectivity index (χ4v) is 6.63. The van der Waals surface area contributed by atoms with Crippen LogP contribution in [-0.4, -0.2) is 37.3 Å². The predicted octanol–water partition coefficient (Wildman–Crippen LogP) is 6.59. The summed E-state index contributed by atoms with van der Waals surface area (Å²) in [6.45, 7) is 0.129. The molecule has 0 saturated carbocycles. The van der Waals surface area contributed by atoms with E-state index in [1.165, 1.54) is 23.3 Å². The number of nitrogens with zero attached hydrogens (tertiary/aromatic N) is 1. The summed E-state index contributed by atoms with van der Waals surface area (Å²) < 4.78 is 17.3. The molecule has 1 aliphatic rings. The number of halogens is 2. The Kier molecular flexibility index (Phi) is 9.69. The highest BCUT2D eigenvalue weighted by Crippen LogP contribution is 2.45. The summed E-state index contributed by atoms with van der Waals surface area (Å²) in [7, 11) is 1.55. The van der Waals surface area contributed by atoms with E-state index in [4.69, 9.17) is 37.4 Å². The Morgan fingerprint density at radius 1 is 1.03 bits per heavy atom. The van der Waals surface area contributed by atoms with Crippen LogP contribution in [0.25, 0.3) is 0 Å². The lowest BCUT2D eigenvalue weighted by Crippen LogP contribution is -2.24. The van der Waals surface area contributed by atoms with Gasteiger partial charge in [-0.15, -0.1) is 23.5 Å². The van der Waals surface area contributed by atoms with Crippen LogP contribution < -0.4 is 19.6 Å². The van der Waals surface area contributed by atoms with Crippen LogP contribution in [-0.2, 0) is 11.4 Å². The summed E-state index contributed by atoms with van der Waals surface area (Å²) in [6, 6.07) is 18.4. The quantitative estimate of drug-likeness (QED) is 0.222. The molecule has 1 heterocycles. The summed E-state index contributed by atoms with van der Waals surface area (Å²) in [5.41, 5.74) is 5.27. The molecule has 0 aliphatic carbocycles. The average molecular weight is 564 g/mol. The van der Waals surface area contributed by atoms with Crippen molar-refractivity contribution in [3.8, 4) is 17.2 Å². The first kappa shape index (κ1) is 26.5. The second-order valence-corrected chi connectivity index (χ2v) is 11.2.